The van der Waals surface area contributed by atoms with Crippen LogP contribution in [0.4, 0.5) is 0 Å². The number of aromatic nitrogens is 3. The van der Waals surface area contributed by atoms with Crippen molar-refractivity contribution in [3.8, 4) is 11.3 Å². The molecule has 0 aliphatic rings. The summed E-state index contributed by atoms with van der Waals surface area (Å²) in [6.45, 7) is 5.39. The molecule has 0 aliphatic carbocycles. The second-order valence-electron chi connectivity index (χ2n) is 5.03. The molecule has 0 unspecified atom stereocenters. The van der Waals surface area contributed by atoms with E-state index in [0.29, 0.717) is 16.3 Å². The van der Waals surface area contributed by atoms with Crippen LogP contribution in [0.3, 0.4) is 0 Å². The number of nitrogens with one attached hydrogen (secondary N) is 1. The lowest BCUT2D eigenvalue weighted by atomic mass is 10.1. The van der Waals surface area contributed by atoms with Gasteiger partial charge in [0.25, 0.3) is 0 Å². The van der Waals surface area contributed by atoms with Crippen molar-refractivity contribution in [3.63, 3.8) is 0 Å². The van der Waals surface area contributed by atoms with E-state index in [2.05, 4.69) is 15.4 Å². The van der Waals surface area contributed by atoms with E-state index in [9.17, 15) is 4.79 Å². The minimum Gasteiger partial charge on any atom is -0.455 e. The second-order valence-corrected chi connectivity index (χ2v) is 5.47. The fourth-order valence-corrected chi connectivity index (χ4v) is 1.73. The number of H-pyrrole nitrogens is 1. The highest BCUT2D eigenvalue weighted by Crippen LogP contribution is 2.24. The Kier molecular flexibility index (Phi) is 3.57. The zero-order valence-corrected chi connectivity index (χ0v) is 11.7. The molecular formula is C13H14ClN3O2. The van der Waals surface area contributed by atoms with E-state index in [4.69, 9.17) is 16.3 Å². The van der Waals surface area contributed by atoms with Crippen LogP contribution in [0.2, 0.25) is 5.02 Å². The van der Waals surface area contributed by atoms with Gasteiger partial charge in [-0.1, -0.05) is 23.7 Å². The first kappa shape index (κ1) is 13.5. The molecule has 2 rings (SSSR count). The molecule has 0 atom stereocenters. The number of esters is 1. The van der Waals surface area contributed by atoms with Gasteiger partial charge in [0, 0.05) is 10.6 Å². The third kappa shape index (κ3) is 3.32. The Morgan fingerprint density at radius 2 is 2.05 bits per heavy atom. The number of hydrogen-bond acceptors (Lipinski definition) is 4. The largest absolute Gasteiger partial charge is 0.455 e. The van der Waals surface area contributed by atoms with Gasteiger partial charge in [0.15, 0.2) is 5.69 Å². The van der Waals surface area contributed by atoms with Crippen molar-refractivity contribution in [1.29, 1.82) is 0 Å². The maximum absolute atomic E-state index is 12.0. The van der Waals surface area contributed by atoms with Gasteiger partial charge in [0.1, 0.15) is 11.3 Å². The summed E-state index contributed by atoms with van der Waals surface area (Å²) in [5.74, 6) is -0.517. The van der Waals surface area contributed by atoms with Crippen molar-refractivity contribution in [2.75, 3.05) is 0 Å². The van der Waals surface area contributed by atoms with Crippen molar-refractivity contribution in [2.45, 2.75) is 26.4 Å². The van der Waals surface area contributed by atoms with Crippen molar-refractivity contribution >= 4 is 17.6 Å². The number of benzene rings is 1. The summed E-state index contributed by atoms with van der Waals surface area (Å²) >= 11 is 5.93. The number of carbonyl (C=O) groups is 1. The van der Waals surface area contributed by atoms with E-state index in [1.165, 1.54) is 0 Å². The average Bonchev–Trinajstić information content (AvgIpc) is 2.75. The third-order valence-electron chi connectivity index (χ3n) is 2.24. The van der Waals surface area contributed by atoms with E-state index in [-0.39, 0.29) is 5.69 Å². The quantitative estimate of drug-likeness (QED) is 0.858. The SMILES string of the molecule is CC(C)(C)OC(=O)c1n[nH]nc1-c1cccc(Cl)c1. The number of rotatable bonds is 2. The Labute approximate surface area is 115 Å². The van der Waals surface area contributed by atoms with Crippen LogP contribution in [0.5, 0.6) is 0 Å². The average molecular weight is 280 g/mol. The van der Waals surface area contributed by atoms with Gasteiger partial charge in [0.2, 0.25) is 0 Å². The Hall–Kier alpha value is -1.88. The van der Waals surface area contributed by atoms with Gasteiger partial charge in [-0.25, -0.2) is 4.79 Å². The summed E-state index contributed by atoms with van der Waals surface area (Å²) in [6, 6.07) is 7.05. The van der Waals surface area contributed by atoms with Gasteiger partial charge < -0.3 is 4.74 Å². The minimum atomic E-state index is -0.582. The number of hydrogen-bond donors (Lipinski definition) is 1. The monoisotopic (exact) mass is 279 g/mol. The Morgan fingerprint density at radius 1 is 1.32 bits per heavy atom. The molecule has 0 spiro atoms. The summed E-state index contributed by atoms with van der Waals surface area (Å²) in [4.78, 5) is 12.0. The zero-order valence-electron chi connectivity index (χ0n) is 10.9. The molecule has 0 bridgehead atoms. The standard InChI is InChI=1S/C13H14ClN3O2/c1-13(2,3)19-12(18)11-10(15-17-16-11)8-5-4-6-9(14)7-8/h4-7H,1-3H3,(H,15,16,17). The van der Waals surface area contributed by atoms with E-state index in [0.717, 1.165) is 0 Å². The molecule has 6 heteroatoms. The number of ether oxygens (including phenoxy) is 1. The van der Waals surface area contributed by atoms with Crippen molar-refractivity contribution in [2.24, 2.45) is 0 Å². The van der Waals surface area contributed by atoms with Gasteiger partial charge >= 0.3 is 5.97 Å². The molecule has 0 aliphatic heterocycles. The molecule has 0 saturated carbocycles. The molecule has 0 amide bonds. The van der Waals surface area contributed by atoms with Crippen LogP contribution in [-0.2, 0) is 4.74 Å². The second kappa shape index (κ2) is 5.01. The van der Waals surface area contributed by atoms with E-state index in [1.54, 1.807) is 45.0 Å². The lowest BCUT2D eigenvalue weighted by molar-refractivity contribution is 0.00637. The molecule has 100 valence electrons. The Morgan fingerprint density at radius 3 is 2.68 bits per heavy atom. The number of nitrogens with zero attached hydrogens (tertiary/aromatic N) is 2. The fourth-order valence-electron chi connectivity index (χ4n) is 1.54. The fraction of sp³-hybridized carbons (Fsp3) is 0.308. The highest BCUT2D eigenvalue weighted by molar-refractivity contribution is 6.30. The molecule has 0 saturated heterocycles. The van der Waals surface area contributed by atoms with Crippen molar-refractivity contribution in [3.05, 3.63) is 35.0 Å². The van der Waals surface area contributed by atoms with Gasteiger partial charge in [-0.3, -0.25) is 0 Å². The van der Waals surface area contributed by atoms with Crippen LogP contribution in [0.25, 0.3) is 11.3 Å². The molecule has 5 nitrogen and oxygen atoms in total. The first-order chi connectivity index (χ1) is 8.87. The maximum atomic E-state index is 12.0. The topological polar surface area (TPSA) is 67.9 Å². The van der Waals surface area contributed by atoms with E-state index >= 15 is 0 Å². The summed E-state index contributed by atoms with van der Waals surface area (Å²) < 4.78 is 5.28. The molecule has 0 radical (unpaired) electrons. The van der Waals surface area contributed by atoms with Crippen LogP contribution < -0.4 is 0 Å². The lowest BCUT2D eigenvalue weighted by Crippen LogP contribution is -2.24. The van der Waals surface area contributed by atoms with Crippen LogP contribution in [0.1, 0.15) is 31.3 Å². The summed E-state index contributed by atoms with van der Waals surface area (Å²) in [6.07, 6.45) is 0. The van der Waals surface area contributed by atoms with Crippen LogP contribution >= 0.6 is 11.6 Å². The molecule has 0 fully saturated rings. The summed E-state index contributed by atoms with van der Waals surface area (Å²) in [7, 11) is 0. The smallest absolute Gasteiger partial charge is 0.361 e. The maximum Gasteiger partial charge on any atom is 0.361 e. The van der Waals surface area contributed by atoms with Crippen molar-refractivity contribution < 1.29 is 9.53 Å². The molecule has 1 aromatic carbocycles. The third-order valence-corrected chi connectivity index (χ3v) is 2.47. The van der Waals surface area contributed by atoms with Gasteiger partial charge in [-0.2, -0.15) is 10.3 Å². The van der Waals surface area contributed by atoms with Gasteiger partial charge in [-0.05, 0) is 32.9 Å². The minimum absolute atomic E-state index is 0.150. The summed E-state index contributed by atoms with van der Waals surface area (Å²) in [5, 5.41) is 10.8. The number of carbonyl (C=O) groups excluding carboxylic acids is 1. The first-order valence-electron chi connectivity index (χ1n) is 5.77. The molecule has 1 N–H and O–H groups in total. The van der Waals surface area contributed by atoms with Gasteiger partial charge in [0.05, 0.1) is 0 Å². The lowest BCUT2D eigenvalue weighted by Gasteiger charge is -2.18. The van der Waals surface area contributed by atoms with Crippen molar-refractivity contribution in [1.82, 2.24) is 15.4 Å². The first-order valence-corrected chi connectivity index (χ1v) is 6.15. The van der Waals surface area contributed by atoms with Crippen LogP contribution in [-0.4, -0.2) is 27.0 Å². The van der Waals surface area contributed by atoms with Crippen LogP contribution in [0, 0.1) is 0 Å². The Bertz CT molecular complexity index is 602. The van der Waals surface area contributed by atoms with Crippen LogP contribution in [0.15, 0.2) is 24.3 Å². The Balaban J connectivity index is 2.35. The highest BCUT2D eigenvalue weighted by atomic mass is 35.5. The predicted octanol–water partition coefficient (Wildman–Crippen LogP) is 3.08. The molecule has 1 heterocycles. The zero-order chi connectivity index (χ0) is 14.0. The molecular weight excluding hydrogens is 266 g/mol. The van der Waals surface area contributed by atoms with Gasteiger partial charge in [-0.15, -0.1) is 5.10 Å². The molecule has 19 heavy (non-hydrogen) atoms. The number of halogens is 1. The predicted molar refractivity (Wildman–Crippen MR) is 72.0 cm³/mol. The molecule has 1 aromatic heterocycles. The van der Waals surface area contributed by atoms with E-state index < -0.39 is 11.6 Å². The normalized spacial score (nSPS) is 11.4. The van der Waals surface area contributed by atoms with E-state index in [1.807, 2.05) is 0 Å². The molecule has 2 aromatic rings. The highest BCUT2D eigenvalue weighted by Gasteiger charge is 2.24. The summed E-state index contributed by atoms with van der Waals surface area (Å²) in [5.41, 5.74) is 0.706. The number of aromatic amines is 1.